The summed E-state index contributed by atoms with van der Waals surface area (Å²) < 4.78 is 17.0. The Morgan fingerprint density at radius 2 is 1.92 bits per heavy atom. The highest BCUT2D eigenvalue weighted by atomic mass is 16.6. The molecule has 2 saturated heterocycles. The van der Waals surface area contributed by atoms with E-state index in [-0.39, 0.29) is 42.3 Å². The summed E-state index contributed by atoms with van der Waals surface area (Å²) in [5.41, 5.74) is -0.383. The number of esters is 1. The van der Waals surface area contributed by atoms with E-state index in [1.165, 1.54) is 6.26 Å². The van der Waals surface area contributed by atoms with Gasteiger partial charge in [0, 0.05) is 12.3 Å². The molecule has 1 aromatic rings. The summed E-state index contributed by atoms with van der Waals surface area (Å²) in [5, 5.41) is 30.9. The molecule has 3 heterocycles. The van der Waals surface area contributed by atoms with Crippen LogP contribution in [0.25, 0.3) is 6.08 Å². The van der Waals surface area contributed by atoms with E-state index in [2.05, 4.69) is 4.98 Å². The predicted molar refractivity (Wildman–Crippen MR) is 131 cm³/mol. The largest absolute Gasteiger partial charge is 0.458 e. The van der Waals surface area contributed by atoms with Crippen LogP contribution in [0.15, 0.2) is 16.3 Å². The van der Waals surface area contributed by atoms with Gasteiger partial charge in [-0.2, -0.15) is 0 Å². The van der Waals surface area contributed by atoms with Gasteiger partial charge in [0.1, 0.15) is 30.5 Å². The molecular weight excluding hydrogens is 466 g/mol. The van der Waals surface area contributed by atoms with Crippen LogP contribution in [0, 0.1) is 17.3 Å². The molecule has 9 heteroatoms. The van der Waals surface area contributed by atoms with E-state index in [1.807, 2.05) is 20.8 Å². The van der Waals surface area contributed by atoms with Crippen LogP contribution in [-0.4, -0.2) is 62.1 Å². The van der Waals surface area contributed by atoms with Gasteiger partial charge in [0.25, 0.3) is 0 Å². The van der Waals surface area contributed by atoms with Gasteiger partial charge in [-0.1, -0.05) is 34.1 Å². The molecule has 0 aliphatic carbocycles. The van der Waals surface area contributed by atoms with Crippen LogP contribution in [0.4, 0.5) is 0 Å². The van der Waals surface area contributed by atoms with Gasteiger partial charge in [-0.05, 0) is 44.3 Å². The molecule has 0 spiro atoms. The molecule has 0 bridgehead atoms. The van der Waals surface area contributed by atoms with Crippen LogP contribution < -0.4 is 0 Å². The number of aliphatic hydroxyl groups excluding tert-OH is 3. The molecule has 2 aliphatic rings. The molecule has 3 rings (SSSR count). The number of ketones is 1. The fourth-order valence-electron chi connectivity index (χ4n) is 5.08. The molecule has 202 valence electrons. The number of cyclic esters (lactones) is 1. The number of Topliss-reactive ketones (excluding diaryl/α,β-unsaturated/α-hetero) is 1. The third kappa shape index (κ3) is 6.43. The first-order valence-electron chi connectivity index (χ1n) is 12.8. The Hall–Kier alpha value is -2.07. The number of nitrogens with zero attached hydrogens (tertiary/aromatic N) is 1. The highest BCUT2D eigenvalue weighted by Crippen LogP contribution is 2.45. The number of aliphatic hydroxyl groups is 3. The van der Waals surface area contributed by atoms with Crippen LogP contribution in [0.1, 0.15) is 85.2 Å². The Morgan fingerprint density at radius 1 is 1.22 bits per heavy atom. The zero-order valence-electron chi connectivity index (χ0n) is 22.2. The van der Waals surface area contributed by atoms with Crippen LogP contribution in [-0.2, 0) is 25.7 Å². The van der Waals surface area contributed by atoms with Crippen molar-refractivity contribution in [2.24, 2.45) is 17.3 Å². The van der Waals surface area contributed by atoms with E-state index in [9.17, 15) is 24.9 Å². The van der Waals surface area contributed by atoms with Crippen LogP contribution in [0.3, 0.4) is 0 Å². The lowest BCUT2D eigenvalue weighted by Gasteiger charge is -2.34. The van der Waals surface area contributed by atoms with E-state index in [0.717, 1.165) is 24.8 Å². The highest BCUT2D eigenvalue weighted by molar-refractivity contribution is 5.88. The summed E-state index contributed by atoms with van der Waals surface area (Å²) in [7, 11) is 0. The molecular formula is C27H41NO8. The van der Waals surface area contributed by atoms with E-state index >= 15 is 0 Å². The van der Waals surface area contributed by atoms with Crippen LogP contribution in [0.2, 0.25) is 0 Å². The number of rotatable bonds is 3. The smallest absolute Gasteiger partial charge is 0.309 e. The number of carbonyl (C=O) groups is 2. The molecule has 36 heavy (non-hydrogen) atoms. The number of oxazole rings is 1. The van der Waals surface area contributed by atoms with Crippen molar-refractivity contribution in [1.82, 2.24) is 4.98 Å². The molecule has 0 saturated carbocycles. The standard InChI is InChI=1S/C27H41NO8/c1-15-8-7-9-27(6)21(36-27)11-19(16(2)10-18-14-34-22(13-29)28-18)35-23(31)12-20(30)26(4,5)25(33)17(3)24(15)32/h10,14-15,17,19-21,24,29-30,32H,7-9,11-13H2,1-6H3. The molecule has 7 unspecified atom stereocenters. The van der Waals surface area contributed by atoms with Crippen molar-refractivity contribution in [3.8, 4) is 0 Å². The van der Waals surface area contributed by atoms with Crippen LogP contribution >= 0.6 is 0 Å². The molecule has 1 aromatic heterocycles. The van der Waals surface area contributed by atoms with Crippen LogP contribution in [0.5, 0.6) is 0 Å². The SMILES string of the molecule is CC(=Cc1coc(CO)n1)C1CC2OC2(C)CCCC(C)C(O)C(C)C(=O)C(C)(C)C(O)CC(=O)O1. The summed E-state index contributed by atoms with van der Waals surface area (Å²) in [6.07, 6.45) is 2.71. The third-order valence-electron chi connectivity index (χ3n) is 8.00. The quantitative estimate of drug-likeness (QED) is 0.415. The first-order chi connectivity index (χ1) is 16.8. The third-order valence-corrected chi connectivity index (χ3v) is 8.00. The number of ether oxygens (including phenoxy) is 2. The fraction of sp³-hybridized carbons (Fsp3) is 0.741. The highest BCUT2D eigenvalue weighted by Gasteiger charge is 2.53. The zero-order chi connectivity index (χ0) is 26.8. The number of aromatic nitrogens is 1. The van der Waals surface area contributed by atoms with Crippen molar-refractivity contribution < 1.29 is 38.8 Å². The summed E-state index contributed by atoms with van der Waals surface area (Å²) in [5.74, 6) is -1.51. The van der Waals surface area contributed by atoms with E-state index in [4.69, 9.17) is 13.9 Å². The lowest BCUT2D eigenvalue weighted by atomic mass is 9.73. The summed E-state index contributed by atoms with van der Waals surface area (Å²) in [6, 6.07) is 0. The number of carbonyl (C=O) groups excluding carboxylic acids is 2. The lowest BCUT2D eigenvalue weighted by Crippen LogP contribution is -2.45. The van der Waals surface area contributed by atoms with Gasteiger partial charge in [-0.3, -0.25) is 9.59 Å². The first-order valence-corrected chi connectivity index (χ1v) is 12.8. The van der Waals surface area contributed by atoms with Gasteiger partial charge in [0.2, 0.25) is 5.89 Å². The van der Waals surface area contributed by atoms with Crippen molar-refractivity contribution in [1.29, 1.82) is 0 Å². The molecule has 0 radical (unpaired) electrons. The van der Waals surface area contributed by atoms with Gasteiger partial charge in [0.15, 0.2) is 0 Å². The van der Waals surface area contributed by atoms with Gasteiger partial charge < -0.3 is 29.2 Å². The molecule has 2 fully saturated rings. The second kappa shape index (κ2) is 11.1. The van der Waals surface area contributed by atoms with Gasteiger partial charge in [0.05, 0.1) is 35.7 Å². The molecule has 3 N–H and O–H groups in total. The van der Waals surface area contributed by atoms with Gasteiger partial charge in [-0.25, -0.2) is 4.98 Å². The van der Waals surface area contributed by atoms with Crippen molar-refractivity contribution in [2.45, 2.75) is 110 Å². The average molecular weight is 508 g/mol. The second-order valence-corrected chi connectivity index (χ2v) is 11.3. The molecule has 9 nitrogen and oxygen atoms in total. The Morgan fingerprint density at radius 3 is 2.56 bits per heavy atom. The average Bonchev–Trinajstić information content (AvgIpc) is 3.23. The monoisotopic (exact) mass is 507 g/mol. The fourth-order valence-corrected chi connectivity index (χ4v) is 5.08. The minimum Gasteiger partial charge on any atom is -0.458 e. The first kappa shape index (κ1) is 28.5. The lowest BCUT2D eigenvalue weighted by molar-refractivity contribution is -0.154. The normalized spacial score (nSPS) is 36.8. The Bertz CT molecular complexity index is 969. The van der Waals surface area contributed by atoms with E-state index in [1.54, 1.807) is 26.8 Å². The number of hydrogen-bond acceptors (Lipinski definition) is 9. The zero-order valence-corrected chi connectivity index (χ0v) is 22.2. The van der Waals surface area contributed by atoms with Crippen molar-refractivity contribution in [3.05, 3.63) is 23.4 Å². The summed E-state index contributed by atoms with van der Waals surface area (Å²) in [6.45, 7) is 10.3. The Labute approximate surface area is 212 Å². The Kier molecular flexibility index (Phi) is 8.81. The minimum absolute atomic E-state index is 0.0974. The molecule has 0 aromatic carbocycles. The van der Waals surface area contributed by atoms with Gasteiger partial charge >= 0.3 is 5.97 Å². The molecule has 0 amide bonds. The number of epoxide rings is 1. The second-order valence-electron chi connectivity index (χ2n) is 11.3. The maximum absolute atomic E-state index is 13.2. The van der Waals surface area contributed by atoms with Gasteiger partial charge in [-0.15, -0.1) is 0 Å². The summed E-state index contributed by atoms with van der Waals surface area (Å²) >= 11 is 0. The van der Waals surface area contributed by atoms with Crippen molar-refractivity contribution in [2.75, 3.05) is 0 Å². The van der Waals surface area contributed by atoms with Crippen molar-refractivity contribution in [3.63, 3.8) is 0 Å². The minimum atomic E-state index is -1.27. The van der Waals surface area contributed by atoms with E-state index in [0.29, 0.717) is 12.1 Å². The van der Waals surface area contributed by atoms with Crippen molar-refractivity contribution >= 4 is 17.8 Å². The predicted octanol–water partition coefficient (Wildman–Crippen LogP) is 3.19. The molecule has 2 aliphatic heterocycles. The van der Waals surface area contributed by atoms with E-state index < -0.39 is 35.6 Å². The maximum Gasteiger partial charge on any atom is 0.309 e. The maximum atomic E-state index is 13.2. The molecule has 7 atom stereocenters. The number of fused-ring (bicyclic) bond motifs is 1. The summed E-state index contributed by atoms with van der Waals surface area (Å²) in [4.78, 5) is 30.3. The number of hydrogen-bond donors (Lipinski definition) is 3. The Balaban J connectivity index is 1.85. The topological polar surface area (TPSA) is 143 Å².